The topological polar surface area (TPSA) is 52.0 Å². The van der Waals surface area contributed by atoms with Crippen molar-refractivity contribution in [1.82, 2.24) is 0 Å². The fraction of sp³-hybridized carbons (Fsp3) is 0.0769. The lowest BCUT2D eigenvalue weighted by Gasteiger charge is -2.02. The Morgan fingerprint density at radius 3 is 0.964 bits per heavy atom. The van der Waals surface area contributed by atoms with Crippen LogP contribution in [0.25, 0.3) is 0 Å². The minimum absolute atomic E-state index is 0.802. The maximum atomic E-state index is 5.62. The summed E-state index contributed by atoms with van der Waals surface area (Å²) in [5.41, 5.74) is 18.1. The predicted octanol–water partition coefficient (Wildman–Crippen LogP) is 5.72. The standard InChI is InChI=1S/C13H14N2.C13H12/c14-12-5-1-10(2-6-12)9-11-3-7-13(15)8-4-11;1-3-7-12(8-4-1)11-13-9-5-2-6-10-13/h1-8H,9,14-15H2;1-10H,11H2. The van der Waals surface area contributed by atoms with Crippen LogP contribution in [0.5, 0.6) is 0 Å². The van der Waals surface area contributed by atoms with Crippen molar-refractivity contribution < 1.29 is 0 Å². The Morgan fingerprint density at radius 2 is 0.643 bits per heavy atom. The molecule has 0 unspecified atom stereocenters. The van der Waals surface area contributed by atoms with Gasteiger partial charge in [0.05, 0.1) is 0 Å². The Hall–Kier alpha value is -3.52. The molecule has 0 fully saturated rings. The summed E-state index contributed by atoms with van der Waals surface area (Å²) in [6, 6.07) is 36.9. The molecular formula is C26H26N2. The molecule has 0 aliphatic heterocycles. The molecule has 28 heavy (non-hydrogen) atoms. The van der Waals surface area contributed by atoms with Gasteiger partial charge in [0.1, 0.15) is 0 Å². The van der Waals surface area contributed by atoms with Crippen LogP contribution in [0.1, 0.15) is 22.3 Å². The van der Waals surface area contributed by atoms with Crippen molar-refractivity contribution >= 4 is 11.4 Å². The summed E-state index contributed by atoms with van der Waals surface area (Å²) < 4.78 is 0. The first-order chi connectivity index (χ1) is 13.7. The quantitative estimate of drug-likeness (QED) is 0.454. The number of rotatable bonds is 4. The van der Waals surface area contributed by atoms with Gasteiger partial charge in [0.2, 0.25) is 0 Å². The summed E-state index contributed by atoms with van der Waals surface area (Å²) in [6.07, 6.45) is 1.95. The van der Waals surface area contributed by atoms with E-state index in [1.165, 1.54) is 22.3 Å². The predicted molar refractivity (Wildman–Crippen MR) is 120 cm³/mol. The monoisotopic (exact) mass is 366 g/mol. The van der Waals surface area contributed by atoms with Gasteiger partial charge >= 0.3 is 0 Å². The normalized spacial score (nSPS) is 10.0. The van der Waals surface area contributed by atoms with Crippen LogP contribution in [0.2, 0.25) is 0 Å². The van der Waals surface area contributed by atoms with Gasteiger partial charge in [0.25, 0.3) is 0 Å². The van der Waals surface area contributed by atoms with Gasteiger partial charge in [-0.05, 0) is 59.4 Å². The van der Waals surface area contributed by atoms with Gasteiger partial charge in [-0.2, -0.15) is 0 Å². The van der Waals surface area contributed by atoms with Crippen molar-refractivity contribution in [2.45, 2.75) is 12.8 Å². The summed E-state index contributed by atoms with van der Waals surface area (Å²) in [5.74, 6) is 0. The van der Waals surface area contributed by atoms with Crippen LogP contribution in [0, 0.1) is 0 Å². The fourth-order valence-electron chi connectivity index (χ4n) is 2.93. The lowest BCUT2D eigenvalue weighted by molar-refractivity contribution is 1.19. The Bertz CT molecular complexity index is 864. The first kappa shape index (κ1) is 19.2. The Morgan fingerprint density at radius 1 is 0.357 bits per heavy atom. The van der Waals surface area contributed by atoms with Crippen LogP contribution in [0.3, 0.4) is 0 Å². The molecule has 0 radical (unpaired) electrons. The lowest BCUT2D eigenvalue weighted by Crippen LogP contribution is -1.90. The van der Waals surface area contributed by atoms with Gasteiger partial charge in [0, 0.05) is 11.4 Å². The van der Waals surface area contributed by atoms with E-state index in [-0.39, 0.29) is 0 Å². The first-order valence-corrected chi connectivity index (χ1v) is 9.46. The largest absolute Gasteiger partial charge is 0.399 e. The fourth-order valence-corrected chi connectivity index (χ4v) is 2.93. The zero-order chi connectivity index (χ0) is 19.6. The second-order valence-corrected chi connectivity index (χ2v) is 6.81. The van der Waals surface area contributed by atoms with Gasteiger partial charge in [0.15, 0.2) is 0 Å². The van der Waals surface area contributed by atoms with Crippen molar-refractivity contribution in [3.63, 3.8) is 0 Å². The van der Waals surface area contributed by atoms with Gasteiger partial charge in [-0.1, -0.05) is 84.9 Å². The highest BCUT2D eigenvalue weighted by Gasteiger charge is 1.96. The van der Waals surface area contributed by atoms with Crippen molar-refractivity contribution in [2.24, 2.45) is 0 Å². The first-order valence-electron chi connectivity index (χ1n) is 9.46. The van der Waals surface area contributed by atoms with Crippen LogP contribution in [0.15, 0.2) is 109 Å². The number of anilines is 2. The molecule has 0 amide bonds. The van der Waals surface area contributed by atoms with E-state index < -0.39 is 0 Å². The molecule has 0 atom stereocenters. The van der Waals surface area contributed by atoms with E-state index in [2.05, 4.69) is 60.7 Å². The molecule has 140 valence electrons. The van der Waals surface area contributed by atoms with Crippen molar-refractivity contribution in [3.05, 3.63) is 131 Å². The van der Waals surface area contributed by atoms with Gasteiger partial charge < -0.3 is 11.5 Å². The van der Waals surface area contributed by atoms with E-state index in [4.69, 9.17) is 11.5 Å². The molecule has 4 aromatic rings. The number of nitrogens with two attached hydrogens (primary N) is 2. The third-order valence-corrected chi connectivity index (χ3v) is 4.46. The molecule has 2 heteroatoms. The minimum atomic E-state index is 0.802. The molecule has 0 heterocycles. The highest BCUT2D eigenvalue weighted by molar-refractivity contribution is 5.43. The second kappa shape index (κ2) is 9.98. The molecule has 0 aliphatic rings. The summed E-state index contributed by atoms with van der Waals surface area (Å²) in [6.45, 7) is 0. The number of hydrogen-bond donors (Lipinski definition) is 2. The molecule has 4 aromatic carbocycles. The third-order valence-electron chi connectivity index (χ3n) is 4.46. The average Bonchev–Trinajstić information content (AvgIpc) is 2.73. The molecule has 4 rings (SSSR count). The summed E-state index contributed by atoms with van der Waals surface area (Å²) >= 11 is 0. The number of benzene rings is 4. The van der Waals surface area contributed by atoms with Crippen LogP contribution in [-0.2, 0) is 12.8 Å². The Kier molecular flexibility index (Phi) is 6.86. The van der Waals surface area contributed by atoms with E-state index in [1.807, 2.05) is 48.5 Å². The van der Waals surface area contributed by atoms with E-state index in [9.17, 15) is 0 Å². The van der Waals surface area contributed by atoms with E-state index in [0.717, 1.165) is 24.2 Å². The van der Waals surface area contributed by atoms with Crippen LogP contribution >= 0.6 is 0 Å². The van der Waals surface area contributed by atoms with Gasteiger partial charge in [-0.3, -0.25) is 0 Å². The molecule has 0 aliphatic carbocycles. The zero-order valence-electron chi connectivity index (χ0n) is 16.0. The smallest absolute Gasteiger partial charge is 0.0314 e. The molecule has 2 nitrogen and oxygen atoms in total. The zero-order valence-corrected chi connectivity index (χ0v) is 16.0. The Balaban J connectivity index is 0.000000162. The van der Waals surface area contributed by atoms with Crippen molar-refractivity contribution in [3.8, 4) is 0 Å². The summed E-state index contributed by atoms with van der Waals surface area (Å²) in [4.78, 5) is 0. The highest BCUT2D eigenvalue weighted by atomic mass is 14.5. The molecule has 4 N–H and O–H groups in total. The van der Waals surface area contributed by atoms with Crippen molar-refractivity contribution in [2.75, 3.05) is 11.5 Å². The number of nitrogen functional groups attached to an aromatic ring is 2. The molecule has 0 bridgehead atoms. The lowest BCUT2D eigenvalue weighted by atomic mass is 10.0. The molecule has 0 spiro atoms. The van der Waals surface area contributed by atoms with E-state index >= 15 is 0 Å². The van der Waals surface area contributed by atoms with Gasteiger partial charge in [-0.25, -0.2) is 0 Å². The van der Waals surface area contributed by atoms with E-state index in [0.29, 0.717) is 0 Å². The van der Waals surface area contributed by atoms with Crippen molar-refractivity contribution in [1.29, 1.82) is 0 Å². The van der Waals surface area contributed by atoms with Crippen LogP contribution < -0.4 is 11.5 Å². The third kappa shape index (κ3) is 6.33. The molecule has 0 aromatic heterocycles. The van der Waals surface area contributed by atoms with Gasteiger partial charge in [-0.15, -0.1) is 0 Å². The summed E-state index contributed by atoms with van der Waals surface area (Å²) in [5, 5.41) is 0. The molecule has 0 saturated heterocycles. The number of hydrogen-bond acceptors (Lipinski definition) is 2. The maximum Gasteiger partial charge on any atom is 0.0314 e. The highest BCUT2D eigenvalue weighted by Crippen LogP contribution is 2.13. The van der Waals surface area contributed by atoms with Crippen LogP contribution in [0.4, 0.5) is 11.4 Å². The Labute approximate surface area is 167 Å². The van der Waals surface area contributed by atoms with Crippen LogP contribution in [-0.4, -0.2) is 0 Å². The molecular weight excluding hydrogens is 340 g/mol. The second-order valence-electron chi connectivity index (χ2n) is 6.81. The average molecular weight is 367 g/mol. The molecule has 0 saturated carbocycles. The summed E-state index contributed by atoms with van der Waals surface area (Å²) in [7, 11) is 0. The SMILES string of the molecule is Nc1ccc(Cc2ccc(N)cc2)cc1.c1ccc(Cc2ccccc2)cc1. The maximum absolute atomic E-state index is 5.62. The minimum Gasteiger partial charge on any atom is -0.399 e. The van der Waals surface area contributed by atoms with E-state index in [1.54, 1.807) is 0 Å².